The van der Waals surface area contributed by atoms with E-state index in [1.165, 1.54) is 12.8 Å². The Balaban J connectivity index is 1.61. The van der Waals surface area contributed by atoms with Crippen LogP contribution in [0.3, 0.4) is 0 Å². The number of nitrogens with two attached hydrogens (primary N) is 1. The number of carbonyl (C=O) groups is 1. The molecule has 1 fully saturated rings. The first-order valence-corrected chi connectivity index (χ1v) is 6.80. The maximum Gasteiger partial charge on any atom is 0.228 e. The molecule has 5 nitrogen and oxygen atoms in total. The average Bonchev–Trinajstić information content (AvgIpc) is 3.13. The van der Waals surface area contributed by atoms with Gasteiger partial charge in [0, 0.05) is 24.8 Å². The van der Waals surface area contributed by atoms with Gasteiger partial charge in [-0.1, -0.05) is 0 Å². The number of nitrogens with one attached hydrogen (secondary N) is 2. The Morgan fingerprint density at radius 3 is 3.00 bits per heavy atom. The molecule has 1 saturated carbocycles. The zero-order valence-electron chi connectivity index (χ0n) is 11.2. The van der Waals surface area contributed by atoms with Crippen LogP contribution in [0.2, 0.25) is 0 Å². The first-order chi connectivity index (χ1) is 9.13. The van der Waals surface area contributed by atoms with E-state index < -0.39 is 0 Å². The summed E-state index contributed by atoms with van der Waals surface area (Å²) < 4.78 is 0. The van der Waals surface area contributed by atoms with Crippen LogP contribution in [-0.2, 0) is 11.2 Å². The van der Waals surface area contributed by atoms with Crippen molar-refractivity contribution in [2.24, 2.45) is 0 Å². The Morgan fingerprint density at radius 1 is 1.47 bits per heavy atom. The van der Waals surface area contributed by atoms with E-state index in [1.807, 2.05) is 12.1 Å². The van der Waals surface area contributed by atoms with Crippen LogP contribution in [0, 0.1) is 0 Å². The second kappa shape index (κ2) is 4.74. The zero-order valence-corrected chi connectivity index (χ0v) is 11.2. The lowest BCUT2D eigenvalue weighted by Crippen LogP contribution is -2.27. The summed E-state index contributed by atoms with van der Waals surface area (Å²) in [5.41, 5.74) is 9.51. The Labute approximate surface area is 113 Å². The molecule has 19 heavy (non-hydrogen) atoms. The van der Waals surface area contributed by atoms with E-state index in [0.29, 0.717) is 12.1 Å². The minimum absolute atomic E-state index is 0.0417. The van der Waals surface area contributed by atoms with Crippen molar-refractivity contribution < 1.29 is 4.79 Å². The Bertz CT molecular complexity index is 510. The van der Waals surface area contributed by atoms with Crippen LogP contribution in [0.15, 0.2) is 12.1 Å². The molecular formula is C14H20N4O. The highest BCUT2D eigenvalue weighted by molar-refractivity contribution is 6.00. The fourth-order valence-corrected chi connectivity index (χ4v) is 2.51. The summed E-state index contributed by atoms with van der Waals surface area (Å²) in [5.74, 6) is 0.0417. The van der Waals surface area contributed by atoms with Gasteiger partial charge in [-0.05, 0) is 37.6 Å². The number of anilines is 3. The molecule has 0 atom stereocenters. The maximum atomic E-state index is 11.3. The number of amides is 1. The van der Waals surface area contributed by atoms with Crippen LogP contribution in [-0.4, -0.2) is 37.0 Å². The number of likely N-dealkylation sites (N-methyl/N-ethyl adjacent to an activating group) is 1. The van der Waals surface area contributed by atoms with Crippen LogP contribution >= 0.6 is 0 Å². The molecule has 0 unspecified atom stereocenters. The van der Waals surface area contributed by atoms with Gasteiger partial charge >= 0.3 is 0 Å². The van der Waals surface area contributed by atoms with E-state index in [2.05, 4.69) is 22.6 Å². The molecule has 5 heteroatoms. The lowest BCUT2D eigenvalue weighted by Gasteiger charge is -2.17. The molecule has 0 spiro atoms. The number of fused-ring (bicyclic) bond motifs is 1. The Hall–Kier alpha value is -1.75. The predicted octanol–water partition coefficient (Wildman–Crippen LogP) is 1.27. The zero-order chi connectivity index (χ0) is 13.4. The number of hydrogen-bond donors (Lipinski definition) is 3. The summed E-state index contributed by atoms with van der Waals surface area (Å²) >= 11 is 0. The van der Waals surface area contributed by atoms with E-state index in [4.69, 9.17) is 5.73 Å². The molecule has 1 heterocycles. The van der Waals surface area contributed by atoms with Crippen LogP contribution in [0.25, 0.3) is 0 Å². The van der Waals surface area contributed by atoms with Gasteiger partial charge in [-0.25, -0.2) is 0 Å². The van der Waals surface area contributed by atoms with E-state index in [0.717, 1.165) is 36.1 Å². The number of carbonyl (C=O) groups excluding carboxylic acids is 1. The molecule has 0 aromatic heterocycles. The monoisotopic (exact) mass is 260 g/mol. The predicted molar refractivity (Wildman–Crippen MR) is 77.3 cm³/mol. The molecule has 1 aromatic carbocycles. The topological polar surface area (TPSA) is 70.4 Å². The number of rotatable bonds is 5. The summed E-state index contributed by atoms with van der Waals surface area (Å²) in [7, 11) is 2.16. The van der Waals surface area contributed by atoms with E-state index >= 15 is 0 Å². The van der Waals surface area contributed by atoms with E-state index in [9.17, 15) is 4.79 Å². The fraction of sp³-hybridized carbons (Fsp3) is 0.500. The lowest BCUT2D eigenvalue weighted by atomic mass is 10.1. The van der Waals surface area contributed by atoms with Crippen molar-refractivity contribution in [3.63, 3.8) is 0 Å². The minimum Gasteiger partial charge on any atom is -0.397 e. The van der Waals surface area contributed by atoms with Crippen molar-refractivity contribution in [2.45, 2.75) is 25.3 Å². The van der Waals surface area contributed by atoms with E-state index in [1.54, 1.807) is 0 Å². The van der Waals surface area contributed by atoms with Crippen LogP contribution < -0.4 is 16.4 Å². The SMILES string of the molecule is CN(CCNc1cc2c(cc1N)CC(=O)N2)C1CC1. The fourth-order valence-electron chi connectivity index (χ4n) is 2.51. The molecule has 3 rings (SSSR count). The lowest BCUT2D eigenvalue weighted by molar-refractivity contribution is -0.115. The van der Waals surface area contributed by atoms with Crippen molar-refractivity contribution in [2.75, 3.05) is 36.5 Å². The number of benzene rings is 1. The molecule has 102 valence electrons. The van der Waals surface area contributed by atoms with Crippen LogP contribution in [0.5, 0.6) is 0 Å². The molecular weight excluding hydrogens is 240 g/mol. The highest BCUT2D eigenvalue weighted by Gasteiger charge is 2.25. The minimum atomic E-state index is 0.0417. The Kier molecular flexibility index (Phi) is 3.06. The van der Waals surface area contributed by atoms with Crippen molar-refractivity contribution in [3.05, 3.63) is 17.7 Å². The van der Waals surface area contributed by atoms with Gasteiger partial charge in [0.15, 0.2) is 0 Å². The molecule has 0 bridgehead atoms. The van der Waals surface area contributed by atoms with Gasteiger partial charge in [-0.3, -0.25) is 4.79 Å². The molecule has 4 N–H and O–H groups in total. The molecule has 1 aliphatic heterocycles. The quantitative estimate of drug-likeness (QED) is 0.697. The molecule has 1 amide bonds. The molecule has 1 aromatic rings. The van der Waals surface area contributed by atoms with Gasteiger partial charge in [0.2, 0.25) is 5.91 Å². The van der Waals surface area contributed by atoms with Crippen molar-refractivity contribution in [1.82, 2.24) is 4.90 Å². The second-order valence-electron chi connectivity index (χ2n) is 5.46. The Morgan fingerprint density at radius 2 is 2.26 bits per heavy atom. The standard InChI is InChI=1S/C14H20N4O/c1-18(10-2-3-10)5-4-16-13-8-12-9(6-11(13)15)7-14(19)17-12/h6,8,10,16H,2-5,7,15H2,1H3,(H,17,19). The normalized spacial score (nSPS) is 17.5. The largest absolute Gasteiger partial charge is 0.397 e. The third kappa shape index (κ3) is 2.66. The third-order valence-corrected chi connectivity index (χ3v) is 3.85. The van der Waals surface area contributed by atoms with Crippen molar-refractivity contribution in [1.29, 1.82) is 0 Å². The first-order valence-electron chi connectivity index (χ1n) is 6.80. The smallest absolute Gasteiger partial charge is 0.228 e. The summed E-state index contributed by atoms with van der Waals surface area (Å²) in [4.78, 5) is 13.7. The molecule has 0 radical (unpaired) electrons. The first kappa shape index (κ1) is 12.3. The second-order valence-corrected chi connectivity index (χ2v) is 5.46. The van der Waals surface area contributed by atoms with Gasteiger partial charge < -0.3 is 21.3 Å². The van der Waals surface area contributed by atoms with E-state index in [-0.39, 0.29) is 5.91 Å². The maximum absolute atomic E-state index is 11.3. The summed E-state index contributed by atoms with van der Waals surface area (Å²) in [5, 5.41) is 6.20. The molecule has 1 aliphatic carbocycles. The summed E-state index contributed by atoms with van der Waals surface area (Å²) in [6.45, 7) is 1.87. The van der Waals surface area contributed by atoms with Crippen molar-refractivity contribution in [3.8, 4) is 0 Å². The highest BCUT2D eigenvalue weighted by Crippen LogP contribution is 2.31. The van der Waals surface area contributed by atoms with Gasteiger partial charge in [0.25, 0.3) is 0 Å². The average molecular weight is 260 g/mol. The number of nitrogens with zero attached hydrogens (tertiary/aromatic N) is 1. The van der Waals surface area contributed by atoms with Gasteiger partial charge in [0.1, 0.15) is 0 Å². The van der Waals surface area contributed by atoms with Gasteiger partial charge in [-0.15, -0.1) is 0 Å². The van der Waals surface area contributed by atoms with Gasteiger partial charge in [-0.2, -0.15) is 0 Å². The summed E-state index contributed by atoms with van der Waals surface area (Å²) in [6.07, 6.45) is 3.08. The van der Waals surface area contributed by atoms with Crippen LogP contribution in [0.4, 0.5) is 17.1 Å². The summed E-state index contributed by atoms with van der Waals surface area (Å²) in [6, 6.07) is 4.60. The molecule has 2 aliphatic rings. The number of nitrogen functional groups attached to an aromatic ring is 1. The van der Waals surface area contributed by atoms with Gasteiger partial charge in [0.05, 0.1) is 17.8 Å². The number of hydrogen-bond acceptors (Lipinski definition) is 4. The highest BCUT2D eigenvalue weighted by atomic mass is 16.1. The molecule has 0 saturated heterocycles. The van der Waals surface area contributed by atoms with Crippen molar-refractivity contribution >= 4 is 23.0 Å². The van der Waals surface area contributed by atoms with Crippen LogP contribution in [0.1, 0.15) is 18.4 Å². The third-order valence-electron chi connectivity index (χ3n) is 3.85.